The van der Waals surface area contributed by atoms with Crippen LogP contribution in [0.2, 0.25) is 0 Å². The second-order valence-electron chi connectivity index (χ2n) is 9.04. The molecule has 2 N–H and O–H groups in total. The Kier molecular flexibility index (Phi) is 10.1. The lowest BCUT2D eigenvalue weighted by Crippen LogP contribution is -2.53. The average Bonchev–Trinajstić information content (AvgIpc) is 2.86. The van der Waals surface area contributed by atoms with E-state index in [1.807, 2.05) is 7.05 Å². The highest BCUT2D eigenvalue weighted by atomic mass is 16.5. The molecule has 2 atom stereocenters. The molecule has 2 saturated heterocycles. The van der Waals surface area contributed by atoms with E-state index in [0.29, 0.717) is 12.1 Å². The van der Waals surface area contributed by atoms with Crippen molar-refractivity contribution in [3.05, 3.63) is 29.8 Å². The van der Waals surface area contributed by atoms with E-state index in [0.717, 1.165) is 57.5 Å². The summed E-state index contributed by atoms with van der Waals surface area (Å²) in [4.78, 5) is 12.2. The number of nitrogens with one attached hydrogen (secondary N) is 2. The fraction of sp³-hybridized carbons (Fsp3) is 0.720. The van der Waals surface area contributed by atoms with Crippen molar-refractivity contribution >= 4 is 5.96 Å². The molecule has 0 spiro atoms. The minimum atomic E-state index is 0.333. The Morgan fingerprint density at radius 1 is 0.938 bits per heavy atom. The van der Waals surface area contributed by atoms with Crippen molar-refractivity contribution in [3.63, 3.8) is 0 Å². The first-order valence-corrected chi connectivity index (χ1v) is 12.4. The van der Waals surface area contributed by atoms with Gasteiger partial charge in [0, 0.05) is 52.4 Å². The number of piperidine rings is 1. The third-order valence-electron chi connectivity index (χ3n) is 7.06. The van der Waals surface area contributed by atoms with Crippen LogP contribution in [0.4, 0.5) is 0 Å². The van der Waals surface area contributed by atoms with Crippen LogP contribution < -0.4 is 15.4 Å². The summed E-state index contributed by atoms with van der Waals surface area (Å²) in [7, 11) is 3.59. The Bertz CT molecular complexity index is 680. The Morgan fingerprint density at radius 3 is 2.19 bits per heavy atom. The number of aliphatic imine (C=N–C) groups is 1. The first-order valence-electron chi connectivity index (χ1n) is 12.4. The molecule has 0 aliphatic carbocycles. The van der Waals surface area contributed by atoms with Crippen molar-refractivity contribution < 1.29 is 4.74 Å². The number of likely N-dealkylation sites (tertiary alicyclic amines) is 1. The van der Waals surface area contributed by atoms with Gasteiger partial charge in [-0.25, -0.2) is 0 Å². The maximum atomic E-state index is 5.36. The van der Waals surface area contributed by atoms with Gasteiger partial charge in [-0.05, 0) is 57.1 Å². The Balaban J connectivity index is 1.53. The summed E-state index contributed by atoms with van der Waals surface area (Å²) in [6, 6.07) is 9.37. The summed E-state index contributed by atoms with van der Waals surface area (Å²) in [5.41, 5.74) is 1.33. The van der Waals surface area contributed by atoms with Gasteiger partial charge in [0.1, 0.15) is 5.75 Å². The number of methoxy groups -OCH3 is 1. The predicted molar refractivity (Wildman–Crippen MR) is 134 cm³/mol. The molecule has 2 unspecified atom stereocenters. The molecular weight excluding hydrogens is 400 g/mol. The number of ether oxygens (including phenoxy) is 1. The predicted octanol–water partition coefficient (Wildman–Crippen LogP) is 2.41. The molecule has 1 aromatic rings. The molecule has 1 aromatic carbocycles. The molecule has 180 valence electrons. The van der Waals surface area contributed by atoms with E-state index in [4.69, 9.17) is 4.74 Å². The maximum Gasteiger partial charge on any atom is 0.191 e. The first-order chi connectivity index (χ1) is 15.6. The van der Waals surface area contributed by atoms with Gasteiger partial charge < -0.3 is 20.3 Å². The Morgan fingerprint density at radius 2 is 1.59 bits per heavy atom. The molecule has 2 heterocycles. The van der Waals surface area contributed by atoms with E-state index in [2.05, 4.69) is 68.4 Å². The van der Waals surface area contributed by atoms with Gasteiger partial charge in [-0.2, -0.15) is 0 Å². The van der Waals surface area contributed by atoms with E-state index < -0.39 is 0 Å². The minimum absolute atomic E-state index is 0.333. The van der Waals surface area contributed by atoms with Crippen molar-refractivity contribution in [2.24, 2.45) is 4.99 Å². The normalized spacial score (nSPS) is 21.2. The molecule has 2 fully saturated rings. The van der Waals surface area contributed by atoms with Crippen molar-refractivity contribution in [3.8, 4) is 5.75 Å². The van der Waals surface area contributed by atoms with Crippen molar-refractivity contribution in [1.82, 2.24) is 25.3 Å². The molecule has 32 heavy (non-hydrogen) atoms. The van der Waals surface area contributed by atoms with Crippen molar-refractivity contribution in [2.75, 3.05) is 73.1 Å². The van der Waals surface area contributed by atoms with Gasteiger partial charge in [-0.15, -0.1) is 0 Å². The lowest BCUT2D eigenvalue weighted by atomic mass is 10.0. The number of hydrogen-bond acceptors (Lipinski definition) is 5. The lowest BCUT2D eigenvalue weighted by molar-refractivity contribution is 0.107. The second-order valence-corrected chi connectivity index (χ2v) is 9.04. The average molecular weight is 445 g/mol. The summed E-state index contributed by atoms with van der Waals surface area (Å²) in [6.07, 6.45) is 3.90. The monoisotopic (exact) mass is 444 g/mol. The van der Waals surface area contributed by atoms with E-state index in [1.54, 1.807) is 7.11 Å². The third-order valence-corrected chi connectivity index (χ3v) is 7.06. The number of likely N-dealkylation sites (N-methyl/N-ethyl adjacent to an activating group) is 1. The summed E-state index contributed by atoms with van der Waals surface area (Å²) in [5, 5.41) is 7.17. The molecule has 0 saturated carbocycles. The largest absolute Gasteiger partial charge is 0.497 e. The number of benzene rings is 1. The highest BCUT2D eigenvalue weighted by Crippen LogP contribution is 2.25. The standard InChI is InChI=1S/C25H44N6O/c1-5-29-15-17-30(18-16-29)21(2)19-27-25(26-3)28-20-24(31-13-7-6-8-14-31)22-9-11-23(32-4)12-10-22/h9-12,21,24H,5-8,13-20H2,1-4H3,(H2,26,27,28). The highest BCUT2D eigenvalue weighted by Gasteiger charge is 2.23. The van der Waals surface area contributed by atoms with Gasteiger partial charge in [-0.3, -0.25) is 14.8 Å². The highest BCUT2D eigenvalue weighted by molar-refractivity contribution is 5.79. The second kappa shape index (κ2) is 13.0. The molecule has 2 aliphatic heterocycles. The number of hydrogen-bond donors (Lipinski definition) is 2. The molecule has 0 aromatic heterocycles. The van der Waals surface area contributed by atoms with Gasteiger partial charge >= 0.3 is 0 Å². The van der Waals surface area contributed by atoms with Gasteiger partial charge in [0.2, 0.25) is 0 Å². The molecular formula is C25H44N6O. The van der Waals surface area contributed by atoms with Crippen LogP contribution in [0, 0.1) is 0 Å². The topological polar surface area (TPSA) is 55.4 Å². The number of guanidine groups is 1. The van der Waals surface area contributed by atoms with Crippen LogP contribution in [0.25, 0.3) is 0 Å². The zero-order valence-electron chi connectivity index (χ0n) is 20.6. The SMILES string of the molecule is CCN1CCN(C(C)CNC(=NC)NCC(c2ccc(OC)cc2)N2CCCCC2)CC1. The van der Waals surface area contributed by atoms with Crippen LogP contribution in [0.15, 0.2) is 29.3 Å². The fourth-order valence-electron chi connectivity index (χ4n) is 4.82. The molecule has 2 aliphatic rings. The minimum Gasteiger partial charge on any atom is -0.497 e. The molecule has 7 nitrogen and oxygen atoms in total. The summed E-state index contributed by atoms with van der Waals surface area (Å²) in [6.45, 7) is 14.4. The van der Waals surface area contributed by atoms with Crippen molar-refractivity contribution in [1.29, 1.82) is 0 Å². The van der Waals surface area contributed by atoms with Gasteiger partial charge in [0.15, 0.2) is 5.96 Å². The number of piperazine rings is 1. The van der Waals surface area contributed by atoms with E-state index >= 15 is 0 Å². The molecule has 0 radical (unpaired) electrons. The van der Waals surface area contributed by atoms with Crippen LogP contribution in [0.3, 0.4) is 0 Å². The van der Waals surface area contributed by atoms with Crippen LogP contribution in [-0.4, -0.2) is 99.8 Å². The smallest absolute Gasteiger partial charge is 0.191 e. The number of nitrogens with zero attached hydrogens (tertiary/aromatic N) is 4. The summed E-state index contributed by atoms with van der Waals surface area (Å²) >= 11 is 0. The van der Waals surface area contributed by atoms with E-state index in [1.165, 1.54) is 37.9 Å². The van der Waals surface area contributed by atoms with Crippen molar-refractivity contribution in [2.45, 2.75) is 45.2 Å². The maximum absolute atomic E-state index is 5.36. The summed E-state index contributed by atoms with van der Waals surface area (Å²) in [5.74, 6) is 1.80. The lowest BCUT2D eigenvalue weighted by Gasteiger charge is -2.38. The van der Waals surface area contributed by atoms with Gasteiger partial charge in [0.25, 0.3) is 0 Å². The van der Waals surface area contributed by atoms with Crippen LogP contribution in [0.1, 0.15) is 44.7 Å². The van der Waals surface area contributed by atoms with Gasteiger partial charge in [-0.1, -0.05) is 25.5 Å². The first kappa shape index (κ1) is 24.8. The van der Waals surface area contributed by atoms with E-state index in [-0.39, 0.29) is 0 Å². The Hall–Kier alpha value is -1.83. The molecule has 0 bridgehead atoms. The van der Waals surface area contributed by atoms with E-state index in [9.17, 15) is 0 Å². The molecule has 7 heteroatoms. The van der Waals surface area contributed by atoms with Crippen LogP contribution in [-0.2, 0) is 0 Å². The fourth-order valence-corrected chi connectivity index (χ4v) is 4.82. The van der Waals surface area contributed by atoms with Crippen LogP contribution in [0.5, 0.6) is 5.75 Å². The van der Waals surface area contributed by atoms with Gasteiger partial charge in [0.05, 0.1) is 13.2 Å². The molecule has 0 amide bonds. The zero-order chi connectivity index (χ0) is 22.8. The van der Waals surface area contributed by atoms with Crippen LogP contribution >= 0.6 is 0 Å². The summed E-state index contributed by atoms with van der Waals surface area (Å²) < 4.78 is 5.36. The molecule has 3 rings (SSSR count). The third kappa shape index (κ3) is 7.09. The number of rotatable bonds is 9. The Labute approximate surface area is 195 Å². The zero-order valence-corrected chi connectivity index (χ0v) is 20.6. The quantitative estimate of drug-likeness (QED) is 0.451.